The molecule has 0 saturated heterocycles. The quantitative estimate of drug-likeness (QED) is 0.911. The molecule has 0 bridgehead atoms. The number of hydrogen-bond acceptors (Lipinski definition) is 3. The van der Waals surface area contributed by atoms with Crippen LogP contribution in [0.25, 0.3) is 0 Å². The Morgan fingerprint density at radius 3 is 2.70 bits per heavy atom. The second-order valence-electron chi connectivity index (χ2n) is 4.36. The third kappa shape index (κ3) is 3.60. The van der Waals surface area contributed by atoms with Gasteiger partial charge < -0.3 is 10.1 Å². The molecule has 0 fully saturated rings. The molecule has 2 rings (SSSR count). The predicted octanol–water partition coefficient (Wildman–Crippen LogP) is 3.83. The van der Waals surface area contributed by atoms with E-state index in [4.69, 9.17) is 16.3 Å². The molecule has 1 aromatic carbocycles. The Labute approximate surface area is 127 Å². The maximum absolute atomic E-state index is 12.1. The van der Waals surface area contributed by atoms with Crippen LogP contribution in [0.2, 0.25) is 5.02 Å². The number of carbonyl (C=O) groups excluding carboxylic acids is 1. The smallest absolute Gasteiger partial charge is 0.252 e. The lowest BCUT2D eigenvalue weighted by molar-refractivity contribution is 0.0838. The van der Waals surface area contributed by atoms with Gasteiger partial charge in [-0.2, -0.15) is 0 Å². The van der Waals surface area contributed by atoms with Crippen molar-refractivity contribution in [3.05, 3.63) is 56.7 Å². The molecule has 1 N–H and O–H groups in total. The normalized spacial score (nSPS) is 12.2. The van der Waals surface area contributed by atoms with Crippen LogP contribution in [0.5, 0.6) is 0 Å². The number of benzene rings is 1. The van der Waals surface area contributed by atoms with Crippen molar-refractivity contribution >= 4 is 28.8 Å². The van der Waals surface area contributed by atoms with Gasteiger partial charge in [-0.1, -0.05) is 23.7 Å². The van der Waals surface area contributed by atoms with Crippen LogP contribution in [-0.4, -0.2) is 19.6 Å². The zero-order valence-corrected chi connectivity index (χ0v) is 12.9. The van der Waals surface area contributed by atoms with Crippen molar-refractivity contribution in [1.29, 1.82) is 0 Å². The lowest BCUT2D eigenvalue weighted by Crippen LogP contribution is -2.29. The Hall–Kier alpha value is -1.36. The van der Waals surface area contributed by atoms with Gasteiger partial charge in [0.1, 0.15) is 6.10 Å². The van der Waals surface area contributed by atoms with Crippen LogP contribution in [0.4, 0.5) is 0 Å². The number of halogens is 1. The van der Waals surface area contributed by atoms with Gasteiger partial charge in [0.15, 0.2) is 0 Å². The number of aryl methyl sites for hydroxylation is 1. The summed E-state index contributed by atoms with van der Waals surface area (Å²) in [6.45, 7) is 2.46. The minimum atomic E-state index is -0.189. The molecule has 106 valence electrons. The molecule has 0 aliphatic heterocycles. The Kier molecular flexibility index (Phi) is 5.17. The molecule has 20 heavy (non-hydrogen) atoms. The first-order valence-corrected chi connectivity index (χ1v) is 7.43. The maximum Gasteiger partial charge on any atom is 0.252 e. The van der Waals surface area contributed by atoms with Crippen LogP contribution in [0.3, 0.4) is 0 Å². The standard InChI is InChI=1S/C15H16ClNO2S/c1-10-7-8-14(20-10)13(19-2)9-17-15(18)11-5-3-4-6-12(11)16/h3-8,13H,9H2,1-2H3,(H,17,18)/t13-/m0/s1. The van der Waals surface area contributed by atoms with Crippen LogP contribution in [0, 0.1) is 6.92 Å². The van der Waals surface area contributed by atoms with Crippen molar-refractivity contribution in [3.8, 4) is 0 Å². The van der Waals surface area contributed by atoms with Gasteiger partial charge in [0, 0.05) is 23.4 Å². The van der Waals surface area contributed by atoms with Crippen molar-refractivity contribution in [2.24, 2.45) is 0 Å². The molecular weight excluding hydrogens is 294 g/mol. The molecule has 1 atom stereocenters. The van der Waals surface area contributed by atoms with E-state index >= 15 is 0 Å². The summed E-state index contributed by atoms with van der Waals surface area (Å²) in [5.74, 6) is -0.189. The van der Waals surface area contributed by atoms with Gasteiger partial charge in [-0.05, 0) is 31.2 Å². The average molecular weight is 310 g/mol. The Bertz CT molecular complexity index is 597. The highest BCUT2D eigenvalue weighted by molar-refractivity contribution is 7.12. The van der Waals surface area contributed by atoms with Gasteiger partial charge in [0.25, 0.3) is 5.91 Å². The summed E-state index contributed by atoms with van der Waals surface area (Å²) in [7, 11) is 1.64. The van der Waals surface area contributed by atoms with Gasteiger partial charge in [-0.3, -0.25) is 4.79 Å². The Balaban J connectivity index is 2.00. The summed E-state index contributed by atoms with van der Waals surface area (Å²) >= 11 is 7.67. The van der Waals surface area contributed by atoms with Gasteiger partial charge >= 0.3 is 0 Å². The number of amides is 1. The predicted molar refractivity (Wildman–Crippen MR) is 82.6 cm³/mol. The average Bonchev–Trinajstić information content (AvgIpc) is 2.86. The van der Waals surface area contributed by atoms with Gasteiger partial charge in [0.05, 0.1) is 10.6 Å². The fourth-order valence-corrected chi connectivity index (χ4v) is 3.03. The van der Waals surface area contributed by atoms with E-state index in [1.165, 1.54) is 4.88 Å². The first kappa shape index (κ1) is 15.0. The molecule has 5 heteroatoms. The zero-order valence-electron chi connectivity index (χ0n) is 11.4. The fraction of sp³-hybridized carbons (Fsp3) is 0.267. The van der Waals surface area contributed by atoms with E-state index in [-0.39, 0.29) is 12.0 Å². The van der Waals surface area contributed by atoms with E-state index in [9.17, 15) is 4.79 Å². The molecule has 3 nitrogen and oxygen atoms in total. The first-order chi connectivity index (χ1) is 9.61. The number of nitrogens with one attached hydrogen (secondary N) is 1. The van der Waals surface area contributed by atoms with Crippen molar-refractivity contribution in [2.45, 2.75) is 13.0 Å². The van der Waals surface area contributed by atoms with E-state index in [0.717, 1.165) is 4.88 Å². The third-order valence-electron chi connectivity index (χ3n) is 2.93. The van der Waals surface area contributed by atoms with Crippen LogP contribution >= 0.6 is 22.9 Å². The number of methoxy groups -OCH3 is 1. The minimum absolute atomic E-state index is 0.139. The lowest BCUT2D eigenvalue weighted by Gasteiger charge is -2.15. The lowest BCUT2D eigenvalue weighted by atomic mass is 10.2. The van der Waals surface area contributed by atoms with Crippen LogP contribution in [0.1, 0.15) is 26.2 Å². The van der Waals surface area contributed by atoms with Gasteiger partial charge in [-0.25, -0.2) is 0 Å². The fourth-order valence-electron chi connectivity index (χ4n) is 1.85. The summed E-state index contributed by atoms with van der Waals surface area (Å²) in [4.78, 5) is 14.4. The van der Waals surface area contributed by atoms with Crippen molar-refractivity contribution in [1.82, 2.24) is 5.32 Å². The van der Waals surface area contributed by atoms with E-state index in [0.29, 0.717) is 17.1 Å². The molecule has 2 aromatic rings. The number of hydrogen-bond donors (Lipinski definition) is 1. The molecule has 0 aliphatic rings. The van der Waals surface area contributed by atoms with Crippen LogP contribution in [-0.2, 0) is 4.74 Å². The Morgan fingerprint density at radius 2 is 2.10 bits per heavy atom. The molecule has 0 spiro atoms. The molecule has 1 heterocycles. The first-order valence-electron chi connectivity index (χ1n) is 6.23. The number of thiophene rings is 1. The highest BCUT2D eigenvalue weighted by Crippen LogP contribution is 2.24. The van der Waals surface area contributed by atoms with Crippen LogP contribution in [0.15, 0.2) is 36.4 Å². The minimum Gasteiger partial charge on any atom is -0.374 e. The van der Waals surface area contributed by atoms with Crippen LogP contribution < -0.4 is 5.32 Å². The highest BCUT2D eigenvalue weighted by Gasteiger charge is 2.15. The summed E-state index contributed by atoms with van der Waals surface area (Å²) < 4.78 is 5.43. The second-order valence-corrected chi connectivity index (χ2v) is 6.09. The summed E-state index contributed by atoms with van der Waals surface area (Å²) in [6, 6.07) is 11.1. The molecule has 1 aromatic heterocycles. The number of ether oxygens (including phenoxy) is 1. The number of rotatable bonds is 5. The van der Waals surface area contributed by atoms with Gasteiger partial charge in [0.2, 0.25) is 0 Å². The third-order valence-corrected chi connectivity index (χ3v) is 4.35. The molecular formula is C15H16ClNO2S. The monoisotopic (exact) mass is 309 g/mol. The zero-order chi connectivity index (χ0) is 14.5. The molecule has 1 amide bonds. The van der Waals surface area contributed by atoms with Crippen molar-refractivity contribution < 1.29 is 9.53 Å². The second kappa shape index (κ2) is 6.88. The molecule has 0 aliphatic carbocycles. The topological polar surface area (TPSA) is 38.3 Å². The van der Waals surface area contributed by atoms with Crippen molar-refractivity contribution in [3.63, 3.8) is 0 Å². The van der Waals surface area contributed by atoms with Gasteiger partial charge in [-0.15, -0.1) is 11.3 Å². The molecule has 0 unspecified atom stereocenters. The summed E-state index contributed by atoms with van der Waals surface area (Å²) in [6.07, 6.45) is -0.139. The Morgan fingerprint density at radius 1 is 1.35 bits per heavy atom. The largest absolute Gasteiger partial charge is 0.374 e. The van der Waals surface area contributed by atoms with E-state index in [1.807, 2.05) is 19.1 Å². The molecule has 0 saturated carbocycles. The summed E-state index contributed by atoms with van der Waals surface area (Å²) in [5, 5.41) is 3.31. The van der Waals surface area contributed by atoms with E-state index in [1.54, 1.807) is 42.7 Å². The SMILES string of the molecule is CO[C@@H](CNC(=O)c1ccccc1Cl)c1ccc(C)s1. The maximum atomic E-state index is 12.1. The number of carbonyl (C=O) groups is 1. The van der Waals surface area contributed by atoms with E-state index < -0.39 is 0 Å². The highest BCUT2D eigenvalue weighted by atomic mass is 35.5. The summed E-state index contributed by atoms with van der Waals surface area (Å²) in [5.41, 5.74) is 0.478. The van der Waals surface area contributed by atoms with E-state index in [2.05, 4.69) is 5.32 Å². The molecule has 0 radical (unpaired) electrons. The van der Waals surface area contributed by atoms with Crippen molar-refractivity contribution in [2.75, 3.05) is 13.7 Å².